The average molecular weight is 268 g/mol. The van der Waals surface area contributed by atoms with E-state index in [-0.39, 0.29) is 18.0 Å². The van der Waals surface area contributed by atoms with Crippen molar-refractivity contribution in [3.63, 3.8) is 0 Å². The SMILES string of the molecule is CCOC(=O)N(CC(=O)O)c1ccc([N+](=O)[O-])cc1. The van der Waals surface area contributed by atoms with Gasteiger partial charge in [0.1, 0.15) is 6.54 Å². The van der Waals surface area contributed by atoms with Crippen LogP contribution in [0.25, 0.3) is 0 Å². The summed E-state index contributed by atoms with van der Waals surface area (Å²) in [6.07, 6.45) is -0.821. The first kappa shape index (κ1) is 14.4. The van der Waals surface area contributed by atoms with E-state index in [2.05, 4.69) is 0 Å². The number of nitro groups is 1. The quantitative estimate of drug-likeness (QED) is 0.642. The van der Waals surface area contributed by atoms with Crippen molar-refractivity contribution in [2.24, 2.45) is 0 Å². The number of amides is 1. The predicted octanol–water partition coefficient (Wildman–Crippen LogP) is 1.64. The molecule has 0 saturated heterocycles. The molecule has 0 unspecified atom stereocenters. The topological polar surface area (TPSA) is 110 Å². The van der Waals surface area contributed by atoms with Crippen LogP contribution < -0.4 is 4.90 Å². The van der Waals surface area contributed by atoms with E-state index in [1.807, 2.05) is 0 Å². The average Bonchev–Trinajstić information content (AvgIpc) is 2.36. The Labute approximate surface area is 108 Å². The van der Waals surface area contributed by atoms with Crippen molar-refractivity contribution >= 4 is 23.4 Å². The van der Waals surface area contributed by atoms with Crippen LogP contribution in [-0.4, -0.2) is 35.2 Å². The van der Waals surface area contributed by atoms with Gasteiger partial charge in [0.2, 0.25) is 0 Å². The van der Waals surface area contributed by atoms with Gasteiger partial charge in [0.25, 0.3) is 5.69 Å². The first-order valence-corrected chi connectivity index (χ1v) is 5.36. The number of carboxylic acid groups (broad SMARTS) is 1. The van der Waals surface area contributed by atoms with E-state index in [1.165, 1.54) is 24.3 Å². The Morgan fingerprint density at radius 2 is 1.95 bits per heavy atom. The number of aliphatic carboxylic acids is 1. The molecule has 1 N–H and O–H groups in total. The molecule has 0 aromatic heterocycles. The second-order valence-corrected chi connectivity index (χ2v) is 3.45. The highest BCUT2D eigenvalue weighted by molar-refractivity contribution is 5.93. The van der Waals surface area contributed by atoms with Crippen LogP contribution in [0.5, 0.6) is 0 Å². The molecule has 1 aromatic carbocycles. The molecule has 1 rings (SSSR count). The van der Waals surface area contributed by atoms with Gasteiger partial charge >= 0.3 is 12.1 Å². The highest BCUT2D eigenvalue weighted by Gasteiger charge is 2.20. The minimum absolute atomic E-state index is 0.0991. The first-order valence-electron chi connectivity index (χ1n) is 5.36. The van der Waals surface area contributed by atoms with Gasteiger partial charge in [0, 0.05) is 17.8 Å². The van der Waals surface area contributed by atoms with Crippen molar-refractivity contribution in [2.75, 3.05) is 18.1 Å². The maximum Gasteiger partial charge on any atom is 0.414 e. The number of benzene rings is 1. The number of carbonyl (C=O) groups excluding carboxylic acids is 1. The molecule has 0 bridgehead atoms. The zero-order chi connectivity index (χ0) is 14.4. The van der Waals surface area contributed by atoms with E-state index in [4.69, 9.17) is 9.84 Å². The molecule has 8 nitrogen and oxygen atoms in total. The minimum atomic E-state index is -1.22. The molecular weight excluding hydrogens is 256 g/mol. The maximum absolute atomic E-state index is 11.6. The van der Waals surface area contributed by atoms with Crippen LogP contribution in [0.4, 0.5) is 16.2 Å². The fourth-order valence-electron chi connectivity index (χ4n) is 1.35. The number of nitrogens with zero attached hydrogens (tertiary/aromatic N) is 2. The van der Waals surface area contributed by atoms with E-state index in [1.54, 1.807) is 6.92 Å². The number of carbonyl (C=O) groups is 2. The molecule has 102 valence electrons. The minimum Gasteiger partial charge on any atom is -0.480 e. The van der Waals surface area contributed by atoms with Crippen LogP contribution in [0.1, 0.15) is 6.92 Å². The van der Waals surface area contributed by atoms with E-state index in [9.17, 15) is 19.7 Å². The molecule has 8 heteroatoms. The fourth-order valence-corrected chi connectivity index (χ4v) is 1.35. The van der Waals surface area contributed by atoms with Crippen molar-refractivity contribution in [2.45, 2.75) is 6.92 Å². The molecule has 1 amide bonds. The zero-order valence-electron chi connectivity index (χ0n) is 10.1. The molecule has 0 aliphatic rings. The Balaban J connectivity index is 2.99. The van der Waals surface area contributed by atoms with Gasteiger partial charge in [-0.1, -0.05) is 0 Å². The van der Waals surface area contributed by atoms with Gasteiger partial charge in [0.05, 0.1) is 11.5 Å². The highest BCUT2D eigenvalue weighted by atomic mass is 16.6. The van der Waals surface area contributed by atoms with Gasteiger partial charge in [-0.15, -0.1) is 0 Å². The summed E-state index contributed by atoms with van der Waals surface area (Å²) in [4.78, 5) is 33.1. The van der Waals surface area contributed by atoms with Gasteiger partial charge in [-0.3, -0.25) is 19.8 Å². The second-order valence-electron chi connectivity index (χ2n) is 3.45. The van der Waals surface area contributed by atoms with Crippen molar-refractivity contribution in [1.29, 1.82) is 0 Å². The molecular formula is C11H12N2O6. The van der Waals surface area contributed by atoms with Gasteiger partial charge < -0.3 is 9.84 Å². The van der Waals surface area contributed by atoms with Gasteiger partial charge in [-0.05, 0) is 19.1 Å². The molecule has 1 aromatic rings. The van der Waals surface area contributed by atoms with Crippen LogP contribution in [0.2, 0.25) is 0 Å². The van der Waals surface area contributed by atoms with Crippen LogP contribution in [-0.2, 0) is 9.53 Å². The number of ether oxygens (including phenoxy) is 1. The second kappa shape index (κ2) is 6.34. The van der Waals surface area contributed by atoms with E-state index < -0.39 is 23.5 Å². The number of nitro benzene ring substituents is 1. The molecule has 0 spiro atoms. The molecule has 0 saturated carbocycles. The molecule has 0 aliphatic carbocycles. The van der Waals surface area contributed by atoms with Crippen LogP contribution >= 0.6 is 0 Å². The summed E-state index contributed by atoms with van der Waals surface area (Å²) in [5.74, 6) is -1.22. The lowest BCUT2D eigenvalue weighted by Gasteiger charge is -2.19. The van der Waals surface area contributed by atoms with Crippen LogP contribution in [0.15, 0.2) is 24.3 Å². The predicted molar refractivity (Wildman–Crippen MR) is 65.1 cm³/mol. The van der Waals surface area contributed by atoms with Crippen LogP contribution in [0, 0.1) is 10.1 Å². The number of hydrogen-bond acceptors (Lipinski definition) is 5. The first-order chi connectivity index (χ1) is 8.95. The number of carboxylic acids is 1. The van der Waals surface area contributed by atoms with Gasteiger partial charge in [-0.25, -0.2) is 4.79 Å². The molecule has 0 atom stereocenters. The maximum atomic E-state index is 11.6. The molecule has 0 radical (unpaired) electrons. The third kappa shape index (κ3) is 3.95. The lowest BCUT2D eigenvalue weighted by atomic mass is 10.2. The van der Waals surface area contributed by atoms with E-state index in [0.29, 0.717) is 0 Å². The molecule has 0 aliphatic heterocycles. The summed E-state index contributed by atoms with van der Waals surface area (Å²) in [6.45, 7) is 1.10. The third-order valence-electron chi connectivity index (χ3n) is 2.15. The van der Waals surface area contributed by atoms with Gasteiger partial charge in [0.15, 0.2) is 0 Å². The summed E-state index contributed by atoms with van der Waals surface area (Å²) in [6, 6.07) is 4.95. The van der Waals surface area contributed by atoms with Crippen molar-refractivity contribution < 1.29 is 24.4 Å². The summed E-state index contributed by atoms with van der Waals surface area (Å²) in [5, 5.41) is 19.2. The largest absolute Gasteiger partial charge is 0.480 e. The summed E-state index contributed by atoms with van der Waals surface area (Å²) in [5.41, 5.74) is 0.0642. The highest BCUT2D eigenvalue weighted by Crippen LogP contribution is 2.20. The monoisotopic (exact) mass is 268 g/mol. The summed E-state index contributed by atoms with van der Waals surface area (Å²) >= 11 is 0. The lowest BCUT2D eigenvalue weighted by Crippen LogP contribution is -2.36. The summed E-state index contributed by atoms with van der Waals surface area (Å²) in [7, 11) is 0. The Morgan fingerprint density at radius 3 is 2.37 bits per heavy atom. The Hall–Kier alpha value is -2.64. The van der Waals surface area contributed by atoms with Crippen molar-refractivity contribution in [3.8, 4) is 0 Å². The van der Waals surface area contributed by atoms with Crippen molar-refractivity contribution in [3.05, 3.63) is 34.4 Å². The zero-order valence-corrected chi connectivity index (χ0v) is 10.1. The smallest absolute Gasteiger partial charge is 0.414 e. The fraction of sp³-hybridized carbons (Fsp3) is 0.273. The molecule has 0 heterocycles. The number of anilines is 1. The standard InChI is InChI=1S/C11H12N2O6/c1-2-19-11(16)12(7-10(14)15)8-3-5-9(6-4-8)13(17)18/h3-6H,2,7H2,1H3,(H,14,15). The Morgan fingerprint density at radius 1 is 1.37 bits per heavy atom. The Kier molecular flexibility index (Phi) is 4.81. The molecule has 0 fully saturated rings. The summed E-state index contributed by atoms with van der Waals surface area (Å²) < 4.78 is 4.73. The Bertz CT molecular complexity index is 484. The molecule has 19 heavy (non-hydrogen) atoms. The lowest BCUT2D eigenvalue weighted by molar-refractivity contribution is -0.384. The number of hydrogen-bond donors (Lipinski definition) is 1. The normalized spacial score (nSPS) is 9.74. The van der Waals surface area contributed by atoms with E-state index in [0.717, 1.165) is 4.90 Å². The van der Waals surface area contributed by atoms with Crippen LogP contribution in [0.3, 0.4) is 0 Å². The van der Waals surface area contributed by atoms with Crippen molar-refractivity contribution in [1.82, 2.24) is 0 Å². The third-order valence-corrected chi connectivity index (χ3v) is 2.15. The van der Waals surface area contributed by atoms with E-state index >= 15 is 0 Å². The number of non-ortho nitro benzene ring substituents is 1. The van der Waals surface area contributed by atoms with Gasteiger partial charge in [-0.2, -0.15) is 0 Å². The number of rotatable bonds is 5.